The quantitative estimate of drug-likeness (QED) is 0.482. The zero-order valence-electron chi connectivity index (χ0n) is 2.17. The second kappa shape index (κ2) is 9.14. The van der Waals surface area contributed by atoms with Crippen molar-refractivity contribution < 1.29 is 11.7 Å². The van der Waals surface area contributed by atoms with Crippen LogP contribution in [0.3, 0.4) is 0 Å². The van der Waals surface area contributed by atoms with E-state index in [4.69, 9.17) is 0 Å². The van der Waals surface area contributed by atoms with Crippen molar-refractivity contribution in [2.45, 2.75) is 0 Å². The molecule has 0 aliphatic rings. The van der Waals surface area contributed by atoms with Crippen LogP contribution in [0.1, 0.15) is 0 Å². The van der Waals surface area contributed by atoms with Gasteiger partial charge in [-0.3, -0.25) is 0 Å². The molecule has 0 fully saturated rings. The molecule has 0 nitrogen and oxygen atoms in total. The van der Waals surface area contributed by atoms with Crippen molar-refractivity contribution in [2.75, 3.05) is 0 Å². The molecule has 1 radical (unpaired) electrons. The number of hydrogen-bond donors (Lipinski definition) is 0. The molecule has 21 valence electrons. The van der Waals surface area contributed by atoms with E-state index >= 15 is 0 Å². The van der Waals surface area contributed by atoms with E-state index in [1.54, 1.807) is 0 Å². The number of hydrogen-bond acceptors (Lipinski definition) is 2. The van der Waals surface area contributed by atoms with Crippen LogP contribution < -0.4 is 0 Å². The Bertz CT molecular complexity index is 27.0. The topological polar surface area (TPSA) is 0 Å². The van der Waals surface area contributed by atoms with E-state index in [9.17, 15) is 0 Å². The van der Waals surface area contributed by atoms with Crippen molar-refractivity contribution in [3.8, 4) is 0 Å². The third kappa shape index (κ3) is 8.82. The molecule has 4 heavy (non-hydrogen) atoms. The number of rotatable bonds is 0. The van der Waals surface area contributed by atoms with Crippen LogP contribution in [0.15, 0.2) is 0 Å². The maximum atomic E-state index is 4.21. The van der Waals surface area contributed by atoms with Gasteiger partial charge >= 0.3 is 32.8 Å². The second-order valence-corrected chi connectivity index (χ2v) is 2.19. The van der Waals surface area contributed by atoms with Crippen molar-refractivity contribution in [1.29, 1.82) is 0 Å². The fourth-order valence-corrected chi connectivity index (χ4v) is 0. The summed E-state index contributed by atoms with van der Waals surface area (Å²) in [6.45, 7) is 0. The second-order valence-electron chi connectivity index (χ2n) is 0.0589. The summed E-state index contributed by atoms with van der Waals surface area (Å²) in [4.78, 5) is 0. The molecule has 0 unspecified atom stereocenters. The first-order valence-corrected chi connectivity index (χ1v) is 3.57. The van der Waals surface area contributed by atoms with E-state index in [0.717, 1.165) is 0 Å². The standard InChI is InChI=1S/Fe.K.2S. The normalized spacial score (nSPS) is 4.00. The van der Waals surface area contributed by atoms with Crippen LogP contribution >= 0.6 is 21.1 Å². The van der Waals surface area contributed by atoms with E-state index in [1.165, 1.54) is 0 Å². The fourth-order valence-electron chi connectivity index (χ4n) is 0. The van der Waals surface area contributed by atoms with Gasteiger partial charge in [0.15, 0.2) is 0 Å². The first-order chi connectivity index (χ1) is 1.41. The molecular weight excluding hydrogens is 159 g/mol. The molecule has 0 aromatic heterocycles. The third-order valence-corrected chi connectivity index (χ3v) is 0. The van der Waals surface area contributed by atoms with Crippen LogP contribution in [-0.2, 0) is 11.7 Å². The summed E-state index contributed by atoms with van der Waals surface area (Å²) in [6, 6.07) is 0. The Hall–Kier alpha value is 2.60. The summed E-state index contributed by atoms with van der Waals surface area (Å²) in [5, 5.41) is 0. The van der Waals surface area contributed by atoms with Gasteiger partial charge < -0.3 is 0 Å². The van der Waals surface area contributed by atoms with E-state index in [2.05, 4.69) is 21.1 Å². The Labute approximate surface area is 82.0 Å². The van der Waals surface area contributed by atoms with Crippen LogP contribution in [0.25, 0.3) is 0 Å². The molecule has 0 amide bonds. The predicted octanol–water partition coefficient (Wildman–Crippen LogP) is 0.913. The van der Waals surface area contributed by atoms with Crippen LogP contribution in [0.2, 0.25) is 0 Å². The molecule has 0 heterocycles. The molecule has 0 aliphatic heterocycles. The van der Waals surface area contributed by atoms with Gasteiger partial charge in [-0.2, -0.15) is 0 Å². The molecule has 0 bridgehead atoms. The van der Waals surface area contributed by atoms with E-state index in [1.807, 2.05) is 0 Å². The van der Waals surface area contributed by atoms with Crippen LogP contribution in [-0.4, -0.2) is 51.4 Å². The van der Waals surface area contributed by atoms with Gasteiger partial charge in [0, 0.05) is 51.4 Å². The molecule has 0 N–H and O–H groups in total. The van der Waals surface area contributed by atoms with Crippen molar-refractivity contribution in [3.05, 3.63) is 0 Å². The van der Waals surface area contributed by atoms with E-state index in [-0.39, 0.29) is 51.4 Å². The molecule has 4 heteroatoms. The monoisotopic (exact) mass is 159 g/mol. The summed E-state index contributed by atoms with van der Waals surface area (Å²) < 4.78 is 0. The zero-order valence-corrected chi connectivity index (χ0v) is 8.03. The molecule has 0 atom stereocenters. The molecule has 0 rings (SSSR count). The molecule has 0 saturated heterocycles. The van der Waals surface area contributed by atoms with Gasteiger partial charge in [0.1, 0.15) is 0 Å². The Morgan fingerprint density at radius 2 is 1.25 bits per heavy atom. The van der Waals surface area contributed by atoms with Gasteiger partial charge in [0.2, 0.25) is 0 Å². The van der Waals surface area contributed by atoms with Crippen LogP contribution in [0.5, 0.6) is 0 Å². The van der Waals surface area contributed by atoms with Gasteiger partial charge in [-0.05, 0) is 0 Å². The minimum absolute atomic E-state index is 0. The van der Waals surface area contributed by atoms with E-state index < -0.39 is 0 Å². The predicted molar refractivity (Wildman–Crippen MR) is 20.9 cm³/mol. The zero-order chi connectivity index (χ0) is 2.71. The molecule has 0 spiro atoms. The van der Waals surface area contributed by atoms with Gasteiger partial charge in [0.25, 0.3) is 0 Å². The van der Waals surface area contributed by atoms with Gasteiger partial charge in [-0.1, -0.05) is 0 Å². The molecule has 0 aromatic rings. The van der Waals surface area contributed by atoms with E-state index in [0.29, 0.717) is 11.7 Å². The molecular formula is FeKS2. The average Bonchev–Trinajstić information content (AvgIpc) is 0.918. The summed E-state index contributed by atoms with van der Waals surface area (Å²) in [7, 11) is 8.42. The summed E-state index contributed by atoms with van der Waals surface area (Å²) in [5.74, 6) is 0. The van der Waals surface area contributed by atoms with Gasteiger partial charge in [0.05, 0.1) is 0 Å². The van der Waals surface area contributed by atoms with Crippen LogP contribution in [0, 0.1) is 0 Å². The fraction of sp³-hybridized carbons (Fsp3) is 0. The first kappa shape index (κ1) is 9.78. The summed E-state index contributed by atoms with van der Waals surface area (Å²) in [6.07, 6.45) is 0. The Balaban J connectivity index is 0. The summed E-state index contributed by atoms with van der Waals surface area (Å²) in [5.41, 5.74) is 0. The Morgan fingerprint density at radius 1 is 1.25 bits per heavy atom. The van der Waals surface area contributed by atoms with Crippen molar-refractivity contribution in [3.63, 3.8) is 0 Å². The van der Waals surface area contributed by atoms with Crippen LogP contribution in [0.4, 0.5) is 0 Å². The Kier molecular flexibility index (Phi) is 22.3. The SMILES string of the molecule is [K].[S]=[Fe]=[S]. The molecule has 0 aliphatic carbocycles. The molecule has 0 saturated carbocycles. The van der Waals surface area contributed by atoms with Gasteiger partial charge in [-0.25, -0.2) is 0 Å². The first-order valence-electron chi connectivity index (χ1n) is 0.289. The maximum absolute atomic E-state index is 4.21. The van der Waals surface area contributed by atoms with Crippen molar-refractivity contribution in [2.24, 2.45) is 0 Å². The molecule has 0 aromatic carbocycles. The van der Waals surface area contributed by atoms with Crippen molar-refractivity contribution >= 4 is 72.5 Å². The van der Waals surface area contributed by atoms with Gasteiger partial charge in [-0.15, -0.1) is 0 Å². The third-order valence-electron chi connectivity index (χ3n) is 0. The minimum atomic E-state index is 0. The summed E-state index contributed by atoms with van der Waals surface area (Å²) >= 11 is 0.417. The Morgan fingerprint density at radius 3 is 1.25 bits per heavy atom. The van der Waals surface area contributed by atoms with Crippen molar-refractivity contribution in [1.82, 2.24) is 0 Å². The average molecular weight is 159 g/mol.